The maximum absolute atomic E-state index is 4.95. The van der Waals surface area contributed by atoms with Crippen molar-refractivity contribution in [3.05, 3.63) is 540 Å². The third-order valence-electron chi connectivity index (χ3n) is 26.8. The third kappa shape index (κ3) is 19.8. The van der Waals surface area contributed by atoms with E-state index in [4.69, 9.17) is 4.98 Å². The standard InChI is InChI=1S/C25H18N2.C24H17N.2C23H16N2.C18H13N.C17H12N2.5C2H6/c1-26-22-11-5-2-10-20(22)21-16-17(14-15-23(21)26)27-24-12-6-3-8-18(24)19-9-4-7-13-25(19)27;1-2-9-18(10-3-1)19-11-8-12-20(17-19)25-23-15-6-4-13-21(23)22-14-5-7-16-24(22)25;1-3-13-22-19(10-1)20-11-2-4-14-23(20)25(22)18-9-7-8-17(16-18)21-12-5-6-15-24-21;1-2-9-17(10-3-1)20-13-8-16-23(24-20)25-21-14-6-4-11-18(21)19-12-5-7-15-22(19)25;1-2-8-14(9-3-1)19-17-12-6-4-10-15(17)16-11-5-7-13-18(16)19;1-3-9-15-13(7-1)14-8-2-4-10-16(14)19(15)17-11-5-6-12-18-17;5*1-2/h2-16H,1H3;1-17H;2*1-16H;1-13H;1-12H;5*1-2H3. The topological polar surface area (TPSA) is 73.2 Å². The molecule has 10 nitrogen and oxygen atoms in total. The summed E-state index contributed by atoms with van der Waals surface area (Å²) in [7, 11) is 2.14. The second kappa shape index (κ2) is 47.4. The lowest BCUT2D eigenvalue weighted by atomic mass is 10.1. The molecule has 0 amide bonds. The maximum Gasteiger partial charge on any atom is 0.138 e. The van der Waals surface area contributed by atoms with Crippen LogP contribution in [-0.2, 0) is 7.05 Å². The number of pyridine rings is 3. The average Bonchev–Trinajstić information content (AvgIpc) is 1.59. The molecule has 10 aromatic heterocycles. The number of para-hydroxylation sites is 14. The molecule has 0 saturated heterocycles. The number of fused-ring (bicyclic) bond motifs is 21. The Labute approximate surface area is 877 Å². The Hall–Kier alpha value is -18.8. The van der Waals surface area contributed by atoms with Crippen LogP contribution in [0.1, 0.15) is 69.2 Å². The Bertz CT molecular complexity index is 8670. The summed E-state index contributed by atoms with van der Waals surface area (Å²) in [6.45, 7) is 20.0. The van der Waals surface area contributed by atoms with Crippen LogP contribution in [0.15, 0.2) is 540 Å². The molecule has 0 aliphatic carbocycles. The third-order valence-corrected chi connectivity index (χ3v) is 26.8. The number of rotatable bonds is 9. The quantitative estimate of drug-likeness (QED) is 0.145. The smallest absolute Gasteiger partial charge is 0.138 e. The lowest BCUT2D eigenvalue weighted by Crippen LogP contribution is -1.98. The first kappa shape index (κ1) is 99.9. The SMILES string of the molecule is CC.CC.CC.CC.CC.Cn1c2ccccc2c2cc(-n3c4ccccc4c4ccccc43)ccc21.c1ccc(-c2cccc(-n3c4ccccc4c4ccccc43)c2)cc1.c1ccc(-c2cccc(-n3c4ccccc4c4ccccc43)c2)nc1.c1ccc(-c2cccc(-n3c4ccccc4c4ccccc43)n2)cc1.c1ccc(-n2c3ccccc3c3ccccc32)cc1.c1ccc(-n2c3ccccc3c3ccccc32)nc1. The molecule has 0 aliphatic rings. The molecule has 0 radical (unpaired) electrons. The van der Waals surface area contributed by atoms with E-state index in [2.05, 4.69) is 522 Å². The summed E-state index contributed by atoms with van der Waals surface area (Å²) >= 11 is 0. The number of hydrogen-bond donors (Lipinski definition) is 0. The van der Waals surface area contributed by atoms with Crippen molar-refractivity contribution >= 4 is 153 Å². The van der Waals surface area contributed by atoms with Crippen molar-refractivity contribution in [2.45, 2.75) is 69.2 Å². The fourth-order valence-corrected chi connectivity index (χ4v) is 20.6. The highest BCUT2D eigenvalue weighted by molar-refractivity contribution is 6.15. The molecule has 29 rings (SSSR count). The van der Waals surface area contributed by atoms with Crippen LogP contribution in [0, 0.1) is 0 Å². The van der Waals surface area contributed by atoms with E-state index in [-0.39, 0.29) is 0 Å². The predicted octanol–water partition coefficient (Wildman–Crippen LogP) is 38.7. The van der Waals surface area contributed by atoms with Crippen LogP contribution >= 0.6 is 0 Å². The van der Waals surface area contributed by atoms with E-state index < -0.39 is 0 Å². The first-order valence-corrected chi connectivity index (χ1v) is 52.5. The second-order valence-corrected chi connectivity index (χ2v) is 34.9. The van der Waals surface area contributed by atoms with Gasteiger partial charge in [0, 0.05) is 140 Å². The average molecular weight is 1940 g/mol. The van der Waals surface area contributed by atoms with Gasteiger partial charge in [-0.2, -0.15) is 0 Å². The number of nitrogens with zero attached hydrogens (tertiary/aromatic N) is 10. The highest BCUT2D eigenvalue weighted by Crippen LogP contribution is 2.41. The van der Waals surface area contributed by atoms with Gasteiger partial charge < -0.3 is 22.8 Å². The van der Waals surface area contributed by atoms with Crippen molar-refractivity contribution in [2.24, 2.45) is 7.05 Å². The number of aryl methyl sites for hydroxylation is 1. The lowest BCUT2D eigenvalue weighted by molar-refractivity contribution is 1.01. The highest BCUT2D eigenvalue weighted by atomic mass is 15.1. The predicted molar refractivity (Wildman–Crippen MR) is 645 cm³/mol. The van der Waals surface area contributed by atoms with E-state index in [0.717, 1.165) is 39.8 Å². The Morgan fingerprint density at radius 1 is 0.140 bits per heavy atom. The van der Waals surface area contributed by atoms with Crippen LogP contribution in [0.5, 0.6) is 0 Å². The molecule has 0 atom stereocenters. The Kier molecular flexibility index (Phi) is 31.6. The maximum atomic E-state index is 4.95. The van der Waals surface area contributed by atoms with Gasteiger partial charge in [0.15, 0.2) is 0 Å². The lowest BCUT2D eigenvalue weighted by Gasteiger charge is -2.10. The summed E-state index contributed by atoms with van der Waals surface area (Å²) in [6.07, 6.45) is 3.67. The summed E-state index contributed by atoms with van der Waals surface area (Å²) in [5.41, 5.74) is 28.7. The summed E-state index contributed by atoms with van der Waals surface area (Å²) in [4.78, 5) is 13.9. The summed E-state index contributed by atoms with van der Waals surface area (Å²) in [5.74, 6) is 1.90. The van der Waals surface area contributed by atoms with Crippen molar-refractivity contribution in [3.63, 3.8) is 0 Å². The number of hydrogen-bond acceptors (Lipinski definition) is 3. The van der Waals surface area contributed by atoms with Gasteiger partial charge in [0.25, 0.3) is 0 Å². The zero-order valence-electron chi connectivity index (χ0n) is 86.9. The molecule has 0 saturated carbocycles. The van der Waals surface area contributed by atoms with Crippen LogP contribution < -0.4 is 0 Å². The molecule has 0 spiro atoms. The fourth-order valence-electron chi connectivity index (χ4n) is 20.6. The molecular formula is C140H122N10. The fraction of sp³-hybridized carbons (Fsp3) is 0.0786. The summed E-state index contributed by atoms with van der Waals surface area (Å²) in [6, 6.07) is 185. The van der Waals surface area contributed by atoms with Crippen LogP contribution in [0.2, 0.25) is 0 Å². The van der Waals surface area contributed by atoms with Crippen molar-refractivity contribution in [1.82, 2.24) is 46.9 Å². The van der Waals surface area contributed by atoms with Crippen LogP contribution in [0.3, 0.4) is 0 Å². The highest BCUT2D eigenvalue weighted by Gasteiger charge is 2.21. The minimum Gasteiger partial charge on any atom is -0.344 e. The van der Waals surface area contributed by atoms with E-state index in [9.17, 15) is 0 Å². The van der Waals surface area contributed by atoms with Crippen molar-refractivity contribution in [3.8, 4) is 68.0 Å². The zero-order valence-corrected chi connectivity index (χ0v) is 86.9. The second-order valence-electron chi connectivity index (χ2n) is 34.9. The minimum absolute atomic E-state index is 0.943. The number of aromatic nitrogens is 10. The normalized spacial score (nSPS) is 10.8. The van der Waals surface area contributed by atoms with E-state index in [1.165, 1.54) is 181 Å². The van der Waals surface area contributed by atoms with Crippen LogP contribution in [-0.4, -0.2) is 46.9 Å². The Morgan fingerprint density at radius 3 is 0.720 bits per heavy atom. The molecule has 0 N–H and O–H groups in total. The minimum atomic E-state index is 0.943. The van der Waals surface area contributed by atoms with Crippen LogP contribution in [0.25, 0.3) is 221 Å². The van der Waals surface area contributed by atoms with Gasteiger partial charge >= 0.3 is 0 Å². The molecular weight excluding hydrogens is 1820 g/mol. The van der Waals surface area contributed by atoms with Gasteiger partial charge in [-0.15, -0.1) is 0 Å². The molecule has 0 bridgehead atoms. The Morgan fingerprint density at radius 2 is 0.373 bits per heavy atom. The van der Waals surface area contributed by atoms with Gasteiger partial charge in [-0.1, -0.05) is 427 Å². The summed E-state index contributed by atoms with van der Waals surface area (Å²) < 4.78 is 16.1. The van der Waals surface area contributed by atoms with E-state index >= 15 is 0 Å². The van der Waals surface area contributed by atoms with Crippen molar-refractivity contribution in [1.29, 1.82) is 0 Å². The van der Waals surface area contributed by atoms with Gasteiger partial charge in [-0.05, 0) is 181 Å². The number of benzene rings is 19. The van der Waals surface area contributed by atoms with E-state index in [0.29, 0.717) is 0 Å². The molecule has 29 aromatic rings. The van der Waals surface area contributed by atoms with Gasteiger partial charge in [0.05, 0.1) is 77.6 Å². The van der Waals surface area contributed by atoms with Crippen molar-refractivity contribution < 1.29 is 0 Å². The zero-order chi connectivity index (χ0) is 103. The molecule has 150 heavy (non-hydrogen) atoms. The largest absolute Gasteiger partial charge is 0.344 e. The van der Waals surface area contributed by atoms with Gasteiger partial charge in [0.1, 0.15) is 11.6 Å². The van der Waals surface area contributed by atoms with E-state index in [1.807, 2.05) is 136 Å². The molecule has 732 valence electrons. The van der Waals surface area contributed by atoms with Gasteiger partial charge in [-0.25, -0.2) is 9.97 Å². The first-order chi connectivity index (χ1) is 74.5. The Balaban J connectivity index is 0.000000111. The van der Waals surface area contributed by atoms with Crippen LogP contribution in [0.4, 0.5) is 0 Å². The molecule has 10 heterocycles. The summed E-state index contributed by atoms with van der Waals surface area (Å²) in [5, 5.41) is 18.0. The first-order valence-electron chi connectivity index (χ1n) is 52.5. The van der Waals surface area contributed by atoms with Crippen molar-refractivity contribution in [2.75, 3.05) is 0 Å². The molecule has 19 aromatic carbocycles. The molecule has 0 unspecified atom stereocenters. The molecule has 0 aliphatic heterocycles. The van der Waals surface area contributed by atoms with Gasteiger partial charge in [0.2, 0.25) is 0 Å². The molecule has 10 heteroatoms. The van der Waals surface area contributed by atoms with E-state index in [1.54, 1.807) is 0 Å². The monoisotopic (exact) mass is 1940 g/mol. The molecule has 0 fully saturated rings. The van der Waals surface area contributed by atoms with Gasteiger partial charge in [-0.3, -0.25) is 14.1 Å².